The van der Waals surface area contributed by atoms with E-state index in [-0.39, 0.29) is 12.2 Å². The molecule has 1 aromatic heterocycles. The van der Waals surface area contributed by atoms with Crippen LogP contribution < -0.4 is 10.6 Å². The molecule has 1 heterocycles. The Morgan fingerprint density at radius 3 is 2.70 bits per heavy atom. The van der Waals surface area contributed by atoms with Crippen molar-refractivity contribution in [3.05, 3.63) is 47.3 Å². The molecular formula is C15H17F3N4O. The van der Waals surface area contributed by atoms with Crippen LogP contribution in [-0.4, -0.2) is 15.8 Å². The summed E-state index contributed by atoms with van der Waals surface area (Å²) in [6.07, 6.45) is -2.63. The van der Waals surface area contributed by atoms with Crippen LogP contribution >= 0.6 is 0 Å². The summed E-state index contributed by atoms with van der Waals surface area (Å²) in [5, 5.41) is 9.24. The molecule has 0 unspecified atom stereocenters. The number of aryl methyl sites for hydroxylation is 2. The van der Waals surface area contributed by atoms with Crippen LogP contribution in [0.25, 0.3) is 0 Å². The standard InChI is InChI=1S/C15H17F3N4O/c1-3-22-9-11(10(2)21-22)8-19-14(23)20-13-6-4-5-12(7-13)15(16,17)18/h4-7,9H,3,8H2,1-2H3,(H2,19,20,23). The summed E-state index contributed by atoms with van der Waals surface area (Å²) < 4.78 is 39.6. The summed E-state index contributed by atoms with van der Waals surface area (Å²) in [4.78, 5) is 11.8. The molecule has 124 valence electrons. The first kappa shape index (κ1) is 16.9. The molecule has 0 aliphatic heterocycles. The highest BCUT2D eigenvalue weighted by Crippen LogP contribution is 2.30. The van der Waals surface area contributed by atoms with Gasteiger partial charge in [0.1, 0.15) is 0 Å². The fourth-order valence-electron chi connectivity index (χ4n) is 2.02. The lowest BCUT2D eigenvalue weighted by molar-refractivity contribution is -0.137. The van der Waals surface area contributed by atoms with Crippen LogP contribution in [0, 0.1) is 6.92 Å². The van der Waals surface area contributed by atoms with Crippen LogP contribution in [0.4, 0.5) is 23.7 Å². The van der Waals surface area contributed by atoms with Crippen LogP contribution in [0.2, 0.25) is 0 Å². The molecule has 2 amide bonds. The highest BCUT2D eigenvalue weighted by molar-refractivity contribution is 5.89. The van der Waals surface area contributed by atoms with Gasteiger partial charge in [-0.05, 0) is 32.0 Å². The van der Waals surface area contributed by atoms with E-state index in [0.717, 1.165) is 29.9 Å². The Morgan fingerprint density at radius 1 is 1.35 bits per heavy atom. The molecule has 0 bridgehead atoms. The van der Waals surface area contributed by atoms with Gasteiger partial charge in [-0.2, -0.15) is 18.3 Å². The number of carbonyl (C=O) groups excluding carboxylic acids is 1. The Kier molecular flexibility index (Phi) is 4.92. The number of anilines is 1. The van der Waals surface area contributed by atoms with Crippen molar-refractivity contribution in [2.45, 2.75) is 33.1 Å². The number of rotatable bonds is 4. The topological polar surface area (TPSA) is 59.0 Å². The molecule has 1 aromatic carbocycles. The predicted octanol–water partition coefficient (Wildman–Crippen LogP) is 3.55. The van der Waals surface area contributed by atoms with Crippen molar-refractivity contribution in [1.82, 2.24) is 15.1 Å². The van der Waals surface area contributed by atoms with Crippen LogP contribution in [0.1, 0.15) is 23.7 Å². The molecule has 0 fully saturated rings. The number of aromatic nitrogens is 2. The molecule has 0 saturated carbocycles. The van der Waals surface area contributed by atoms with Crippen molar-refractivity contribution in [2.24, 2.45) is 0 Å². The van der Waals surface area contributed by atoms with Crippen LogP contribution in [0.15, 0.2) is 30.5 Å². The van der Waals surface area contributed by atoms with E-state index in [2.05, 4.69) is 15.7 Å². The van der Waals surface area contributed by atoms with E-state index in [9.17, 15) is 18.0 Å². The molecule has 0 radical (unpaired) electrons. The van der Waals surface area contributed by atoms with Gasteiger partial charge in [-0.15, -0.1) is 0 Å². The molecule has 0 saturated heterocycles. The summed E-state index contributed by atoms with van der Waals surface area (Å²) in [5.74, 6) is 0. The Hall–Kier alpha value is -2.51. The molecule has 2 aromatic rings. The van der Waals surface area contributed by atoms with E-state index in [4.69, 9.17) is 0 Å². The molecule has 8 heteroatoms. The second kappa shape index (κ2) is 6.72. The van der Waals surface area contributed by atoms with Crippen molar-refractivity contribution < 1.29 is 18.0 Å². The first-order valence-electron chi connectivity index (χ1n) is 7.04. The fraction of sp³-hybridized carbons (Fsp3) is 0.333. The third-order valence-electron chi connectivity index (χ3n) is 3.26. The van der Waals surface area contributed by atoms with Crippen molar-refractivity contribution in [3.63, 3.8) is 0 Å². The van der Waals surface area contributed by atoms with Gasteiger partial charge in [0, 0.05) is 30.5 Å². The maximum atomic E-state index is 12.6. The van der Waals surface area contributed by atoms with Crippen molar-refractivity contribution in [3.8, 4) is 0 Å². The number of halogens is 3. The lowest BCUT2D eigenvalue weighted by atomic mass is 10.2. The van der Waals surface area contributed by atoms with E-state index in [1.807, 2.05) is 20.0 Å². The van der Waals surface area contributed by atoms with Crippen LogP contribution in [0.3, 0.4) is 0 Å². The Balaban J connectivity index is 1.96. The van der Waals surface area contributed by atoms with Crippen LogP contribution in [-0.2, 0) is 19.3 Å². The molecule has 2 rings (SSSR count). The summed E-state index contributed by atoms with van der Waals surface area (Å²) >= 11 is 0. The number of nitrogens with one attached hydrogen (secondary N) is 2. The lowest BCUT2D eigenvalue weighted by Crippen LogP contribution is -2.28. The number of hydrogen-bond acceptors (Lipinski definition) is 2. The highest BCUT2D eigenvalue weighted by Gasteiger charge is 2.30. The van der Waals surface area contributed by atoms with Crippen LogP contribution in [0.5, 0.6) is 0 Å². The van der Waals surface area contributed by atoms with Gasteiger partial charge < -0.3 is 10.6 Å². The third kappa shape index (κ3) is 4.48. The average Bonchev–Trinajstić information content (AvgIpc) is 2.85. The summed E-state index contributed by atoms with van der Waals surface area (Å²) in [5.41, 5.74) is 0.922. The molecule has 5 nitrogen and oxygen atoms in total. The summed E-state index contributed by atoms with van der Waals surface area (Å²) in [6, 6.07) is 3.90. The SMILES string of the molecule is CCn1cc(CNC(=O)Nc2cccc(C(F)(F)F)c2)c(C)n1. The van der Waals surface area contributed by atoms with Crippen molar-refractivity contribution >= 4 is 11.7 Å². The van der Waals surface area contributed by atoms with E-state index in [1.165, 1.54) is 12.1 Å². The summed E-state index contributed by atoms with van der Waals surface area (Å²) in [6.45, 7) is 4.74. The second-order valence-electron chi connectivity index (χ2n) is 4.98. The molecule has 0 aliphatic rings. The zero-order chi connectivity index (χ0) is 17.0. The minimum Gasteiger partial charge on any atom is -0.334 e. The van der Waals surface area contributed by atoms with Gasteiger partial charge in [-0.1, -0.05) is 6.07 Å². The van der Waals surface area contributed by atoms with E-state index >= 15 is 0 Å². The quantitative estimate of drug-likeness (QED) is 0.903. The van der Waals surface area contributed by atoms with E-state index < -0.39 is 17.8 Å². The molecule has 0 aliphatic carbocycles. The maximum absolute atomic E-state index is 12.6. The first-order valence-corrected chi connectivity index (χ1v) is 7.04. The minimum absolute atomic E-state index is 0.0818. The number of carbonyl (C=O) groups is 1. The minimum atomic E-state index is -4.44. The number of amides is 2. The van der Waals surface area contributed by atoms with Gasteiger partial charge in [-0.3, -0.25) is 4.68 Å². The molecule has 23 heavy (non-hydrogen) atoms. The maximum Gasteiger partial charge on any atom is 0.416 e. The van der Waals surface area contributed by atoms with Gasteiger partial charge in [0.05, 0.1) is 11.3 Å². The first-order chi connectivity index (χ1) is 10.8. The van der Waals surface area contributed by atoms with Crippen molar-refractivity contribution in [1.29, 1.82) is 0 Å². The van der Waals surface area contributed by atoms with E-state index in [0.29, 0.717) is 0 Å². The fourth-order valence-corrected chi connectivity index (χ4v) is 2.02. The number of hydrogen-bond donors (Lipinski definition) is 2. The smallest absolute Gasteiger partial charge is 0.334 e. The van der Waals surface area contributed by atoms with Gasteiger partial charge in [0.25, 0.3) is 0 Å². The Labute approximate surface area is 131 Å². The molecule has 0 spiro atoms. The molecule has 0 atom stereocenters. The monoisotopic (exact) mass is 326 g/mol. The van der Waals surface area contributed by atoms with Gasteiger partial charge >= 0.3 is 12.2 Å². The molecular weight excluding hydrogens is 309 g/mol. The zero-order valence-corrected chi connectivity index (χ0v) is 12.7. The number of nitrogens with zero attached hydrogens (tertiary/aromatic N) is 2. The zero-order valence-electron chi connectivity index (χ0n) is 12.7. The molecule has 2 N–H and O–H groups in total. The average molecular weight is 326 g/mol. The lowest BCUT2D eigenvalue weighted by Gasteiger charge is -2.10. The largest absolute Gasteiger partial charge is 0.416 e. The Morgan fingerprint density at radius 2 is 2.09 bits per heavy atom. The van der Waals surface area contributed by atoms with E-state index in [1.54, 1.807) is 4.68 Å². The van der Waals surface area contributed by atoms with Crippen molar-refractivity contribution in [2.75, 3.05) is 5.32 Å². The number of benzene rings is 1. The second-order valence-corrected chi connectivity index (χ2v) is 4.98. The van der Waals surface area contributed by atoms with Gasteiger partial charge in [0.15, 0.2) is 0 Å². The number of urea groups is 1. The third-order valence-corrected chi connectivity index (χ3v) is 3.26. The highest BCUT2D eigenvalue weighted by atomic mass is 19.4. The predicted molar refractivity (Wildman–Crippen MR) is 79.9 cm³/mol. The Bertz CT molecular complexity index is 694. The number of alkyl halides is 3. The van der Waals surface area contributed by atoms with Gasteiger partial charge in [0.2, 0.25) is 0 Å². The van der Waals surface area contributed by atoms with Gasteiger partial charge in [-0.25, -0.2) is 4.79 Å². The normalized spacial score (nSPS) is 11.3. The summed E-state index contributed by atoms with van der Waals surface area (Å²) in [7, 11) is 0.